The van der Waals surface area contributed by atoms with E-state index < -0.39 is 16.1 Å². The molecule has 0 bridgehead atoms. The molecular weight excluding hydrogens is 486 g/mol. The third-order valence-corrected chi connectivity index (χ3v) is 7.13. The molecule has 35 heavy (non-hydrogen) atoms. The molecule has 192 valence electrons. The molecular formula is C26H36ClN3O4S. The number of sulfonamides is 1. The first-order valence-electron chi connectivity index (χ1n) is 11.9. The zero-order chi connectivity index (χ0) is 26.0. The Bertz CT molecular complexity index is 1080. The van der Waals surface area contributed by atoms with Gasteiger partial charge < -0.3 is 10.2 Å². The van der Waals surface area contributed by atoms with E-state index in [1.54, 1.807) is 35.2 Å². The second-order valence-electron chi connectivity index (χ2n) is 8.95. The van der Waals surface area contributed by atoms with Gasteiger partial charge in [0.1, 0.15) is 6.04 Å². The van der Waals surface area contributed by atoms with Gasteiger partial charge >= 0.3 is 0 Å². The average Bonchev–Trinajstić information content (AvgIpc) is 2.81. The van der Waals surface area contributed by atoms with Gasteiger partial charge in [-0.25, -0.2) is 8.42 Å². The first kappa shape index (κ1) is 28.7. The fourth-order valence-corrected chi connectivity index (χ4v) is 4.91. The lowest BCUT2D eigenvalue weighted by Crippen LogP contribution is -2.49. The number of halogens is 1. The Morgan fingerprint density at radius 2 is 1.66 bits per heavy atom. The van der Waals surface area contributed by atoms with E-state index in [0.717, 1.165) is 11.8 Å². The zero-order valence-corrected chi connectivity index (χ0v) is 22.5. The highest BCUT2D eigenvalue weighted by Crippen LogP contribution is 2.22. The minimum atomic E-state index is -3.51. The number of nitrogens with one attached hydrogen (secondary N) is 1. The van der Waals surface area contributed by atoms with Gasteiger partial charge in [0.25, 0.3) is 0 Å². The quantitative estimate of drug-likeness (QED) is 0.421. The van der Waals surface area contributed by atoms with Crippen LogP contribution in [0.3, 0.4) is 0 Å². The Morgan fingerprint density at radius 1 is 1.03 bits per heavy atom. The maximum Gasteiger partial charge on any atom is 0.242 e. The molecule has 0 fully saturated rings. The molecule has 0 saturated carbocycles. The molecule has 0 unspecified atom stereocenters. The van der Waals surface area contributed by atoms with Crippen LogP contribution in [0.1, 0.15) is 45.6 Å². The molecule has 0 aliphatic heterocycles. The van der Waals surface area contributed by atoms with Crippen LogP contribution in [0.15, 0.2) is 54.6 Å². The van der Waals surface area contributed by atoms with Gasteiger partial charge in [-0.05, 0) is 42.5 Å². The lowest BCUT2D eigenvalue weighted by atomic mass is 10.1. The predicted octanol–water partition coefficient (Wildman–Crippen LogP) is 4.47. The van der Waals surface area contributed by atoms with Crippen LogP contribution < -0.4 is 9.62 Å². The SMILES string of the molecule is CC[C@@H](C(=O)NCC(C)C)N(Cc1ccccc1Cl)C(=O)CCCN(c1ccccc1)S(C)(=O)=O. The summed E-state index contributed by atoms with van der Waals surface area (Å²) in [6.45, 7) is 6.75. The number of anilines is 1. The molecule has 0 saturated heterocycles. The van der Waals surface area contributed by atoms with E-state index >= 15 is 0 Å². The summed E-state index contributed by atoms with van der Waals surface area (Å²) in [5.41, 5.74) is 1.30. The number of nitrogens with zero attached hydrogens (tertiary/aromatic N) is 2. The van der Waals surface area contributed by atoms with Crippen molar-refractivity contribution in [3.8, 4) is 0 Å². The van der Waals surface area contributed by atoms with Crippen LogP contribution in [0.5, 0.6) is 0 Å². The van der Waals surface area contributed by atoms with Crippen LogP contribution in [0, 0.1) is 5.92 Å². The molecule has 0 radical (unpaired) electrons. The molecule has 0 spiro atoms. The van der Waals surface area contributed by atoms with Gasteiger partial charge in [0.05, 0.1) is 11.9 Å². The molecule has 1 N–H and O–H groups in total. The summed E-state index contributed by atoms with van der Waals surface area (Å²) in [5, 5.41) is 3.45. The van der Waals surface area contributed by atoms with E-state index in [1.165, 1.54) is 4.31 Å². The Morgan fingerprint density at radius 3 is 2.23 bits per heavy atom. The number of carbonyl (C=O) groups is 2. The number of rotatable bonds is 13. The minimum absolute atomic E-state index is 0.0945. The highest BCUT2D eigenvalue weighted by atomic mass is 35.5. The number of amides is 2. The fourth-order valence-electron chi connectivity index (χ4n) is 3.75. The molecule has 0 aliphatic carbocycles. The highest BCUT2D eigenvalue weighted by Gasteiger charge is 2.29. The van der Waals surface area contributed by atoms with Crippen molar-refractivity contribution >= 4 is 39.1 Å². The van der Waals surface area contributed by atoms with E-state index in [9.17, 15) is 18.0 Å². The summed E-state index contributed by atoms with van der Waals surface area (Å²) in [5.74, 6) is -0.147. The van der Waals surface area contributed by atoms with Crippen molar-refractivity contribution in [2.24, 2.45) is 5.92 Å². The maximum absolute atomic E-state index is 13.4. The second-order valence-corrected chi connectivity index (χ2v) is 11.3. The Labute approximate surface area is 214 Å². The summed E-state index contributed by atoms with van der Waals surface area (Å²) < 4.78 is 26.0. The van der Waals surface area contributed by atoms with E-state index in [1.807, 2.05) is 45.0 Å². The molecule has 9 heteroatoms. The zero-order valence-electron chi connectivity index (χ0n) is 20.9. The molecule has 7 nitrogen and oxygen atoms in total. The average molecular weight is 522 g/mol. The smallest absolute Gasteiger partial charge is 0.242 e. The van der Waals surface area contributed by atoms with Gasteiger partial charge in [-0.3, -0.25) is 13.9 Å². The molecule has 2 rings (SSSR count). The second kappa shape index (κ2) is 13.5. The number of hydrogen-bond acceptors (Lipinski definition) is 4. The Balaban J connectivity index is 2.20. The van der Waals surface area contributed by atoms with Crippen molar-refractivity contribution in [2.45, 2.75) is 52.6 Å². The van der Waals surface area contributed by atoms with Gasteiger partial charge in [-0.15, -0.1) is 0 Å². The van der Waals surface area contributed by atoms with Gasteiger partial charge in [-0.1, -0.05) is 68.8 Å². The minimum Gasteiger partial charge on any atom is -0.354 e. The summed E-state index contributed by atoms with van der Waals surface area (Å²) in [4.78, 5) is 27.9. The molecule has 0 heterocycles. The van der Waals surface area contributed by atoms with E-state index in [4.69, 9.17) is 11.6 Å². The van der Waals surface area contributed by atoms with Crippen molar-refractivity contribution < 1.29 is 18.0 Å². The largest absolute Gasteiger partial charge is 0.354 e. The van der Waals surface area contributed by atoms with E-state index in [2.05, 4.69) is 5.32 Å². The van der Waals surface area contributed by atoms with Crippen molar-refractivity contribution in [1.29, 1.82) is 0 Å². The number of para-hydroxylation sites is 1. The predicted molar refractivity (Wildman–Crippen MR) is 142 cm³/mol. The summed E-state index contributed by atoms with van der Waals surface area (Å²) in [6, 6.07) is 15.4. The summed E-state index contributed by atoms with van der Waals surface area (Å²) in [7, 11) is -3.51. The van der Waals surface area contributed by atoms with Crippen LogP contribution in [0.2, 0.25) is 5.02 Å². The van der Waals surface area contributed by atoms with Crippen LogP contribution in [-0.2, 0) is 26.2 Å². The number of hydrogen-bond donors (Lipinski definition) is 1. The number of carbonyl (C=O) groups excluding carboxylic acids is 2. The summed E-state index contributed by atoms with van der Waals surface area (Å²) in [6.07, 6.45) is 2.00. The van der Waals surface area contributed by atoms with Crippen LogP contribution in [0.4, 0.5) is 5.69 Å². The van der Waals surface area contributed by atoms with Gasteiger partial charge in [-0.2, -0.15) is 0 Å². The first-order valence-corrected chi connectivity index (χ1v) is 14.1. The van der Waals surface area contributed by atoms with Crippen LogP contribution >= 0.6 is 11.6 Å². The van der Waals surface area contributed by atoms with Crippen molar-refractivity contribution in [3.63, 3.8) is 0 Å². The lowest BCUT2D eigenvalue weighted by molar-refractivity contribution is -0.141. The van der Waals surface area contributed by atoms with Crippen molar-refractivity contribution in [3.05, 3.63) is 65.2 Å². The lowest BCUT2D eigenvalue weighted by Gasteiger charge is -2.31. The third-order valence-electron chi connectivity index (χ3n) is 5.57. The molecule has 2 aromatic rings. The van der Waals surface area contributed by atoms with Gasteiger partial charge in [0.15, 0.2) is 0 Å². The normalized spacial score (nSPS) is 12.3. The standard InChI is InChI=1S/C26H36ClN3O4S/c1-5-24(26(32)28-18-20(2)3)29(19-21-12-9-10-15-23(21)27)25(31)16-11-17-30(35(4,33)34)22-13-7-6-8-14-22/h6-10,12-15,20,24H,5,11,16-19H2,1-4H3,(H,28,32)/t24-/m0/s1. The van der Waals surface area contributed by atoms with Gasteiger partial charge in [0.2, 0.25) is 21.8 Å². The van der Waals surface area contributed by atoms with Crippen LogP contribution in [0.25, 0.3) is 0 Å². The summed E-state index contributed by atoms with van der Waals surface area (Å²) >= 11 is 6.36. The van der Waals surface area contributed by atoms with E-state index in [0.29, 0.717) is 30.1 Å². The Hall–Kier alpha value is -2.58. The van der Waals surface area contributed by atoms with Gasteiger partial charge in [0, 0.05) is 31.1 Å². The molecule has 2 amide bonds. The topological polar surface area (TPSA) is 86.8 Å². The fraction of sp³-hybridized carbons (Fsp3) is 0.462. The maximum atomic E-state index is 13.4. The highest BCUT2D eigenvalue weighted by molar-refractivity contribution is 7.92. The molecule has 0 aromatic heterocycles. The van der Waals surface area contributed by atoms with E-state index in [-0.39, 0.29) is 37.2 Å². The van der Waals surface area contributed by atoms with Crippen LogP contribution in [-0.4, -0.2) is 50.5 Å². The Kier molecular flexibility index (Phi) is 11.0. The number of benzene rings is 2. The molecule has 2 aromatic carbocycles. The first-order chi connectivity index (χ1) is 16.5. The van der Waals surface area contributed by atoms with Crippen molar-refractivity contribution in [1.82, 2.24) is 10.2 Å². The molecule has 1 atom stereocenters. The third kappa shape index (κ3) is 8.85. The molecule has 0 aliphatic rings. The van der Waals surface area contributed by atoms with Crippen molar-refractivity contribution in [2.75, 3.05) is 23.7 Å². The monoisotopic (exact) mass is 521 g/mol.